The van der Waals surface area contributed by atoms with Crippen LogP contribution in [0, 0.1) is 12.8 Å². The quantitative estimate of drug-likeness (QED) is 0.819. The Morgan fingerprint density at radius 1 is 1.32 bits per heavy atom. The van der Waals surface area contributed by atoms with Gasteiger partial charge >= 0.3 is 5.97 Å². The third-order valence-corrected chi connectivity index (χ3v) is 2.98. The number of hydrogen-bond acceptors (Lipinski definition) is 3. The normalized spacial score (nSPS) is 13.4. The molecule has 0 fully saturated rings. The first-order chi connectivity index (χ1) is 8.91. The Hall–Kier alpha value is -2.04. The molecular formula is C14H19NO4. The maximum atomic E-state index is 11.6. The Morgan fingerprint density at radius 2 is 1.95 bits per heavy atom. The summed E-state index contributed by atoms with van der Waals surface area (Å²) in [5.41, 5.74) is 0.947. The molecule has 0 aliphatic carbocycles. The molecule has 1 rings (SSSR count). The van der Waals surface area contributed by atoms with Crippen molar-refractivity contribution in [3.63, 3.8) is 0 Å². The topological polar surface area (TPSA) is 75.6 Å². The molecule has 0 heterocycles. The van der Waals surface area contributed by atoms with Gasteiger partial charge in [0.1, 0.15) is 5.75 Å². The maximum absolute atomic E-state index is 11.6. The molecule has 5 heteroatoms. The molecule has 0 bridgehead atoms. The van der Waals surface area contributed by atoms with Gasteiger partial charge in [0.05, 0.1) is 5.92 Å². The zero-order valence-electron chi connectivity index (χ0n) is 11.3. The van der Waals surface area contributed by atoms with Gasteiger partial charge in [-0.2, -0.15) is 0 Å². The van der Waals surface area contributed by atoms with Crippen molar-refractivity contribution >= 4 is 11.9 Å². The highest BCUT2D eigenvalue weighted by Gasteiger charge is 2.21. The van der Waals surface area contributed by atoms with Gasteiger partial charge in [0.25, 0.3) is 5.91 Å². The number of hydrogen-bond donors (Lipinski definition) is 2. The summed E-state index contributed by atoms with van der Waals surface area (Å²) in [7, 11) is 0. The summed E-state index contributed by atoms with van der Waals surface area (Å²) >= 11 is 0. The second kappa shape index (κ2) is 6.78. The summed E-state index contributed by atoms with van der Waals surface area (Å²) < 4.78 is 5.38. The summed E-state index contributed by atoms with van der Waals surface area (Å²) in [4.78, 5) is 22.4. The van der Waals surface area contributed by atoms with E-state index < -0.39 is 17.9 Å². The van der Waals surface area contributed by atoms with Gasteiger partial charge < -0.3 is 15.2 Å². The van der Waals surface area contributed by atoms with E-state index in [0.717, 1.165) is 5.56 Å². The van der Waals surface area contributed by atoms with Gasteiger partial charge in [-0.25, -0.2) is 0 Å². The number of rotatable bonds is 6. The first-order valence-electron chi connectivity index (χ1n) is 6.12. The van der Waals surface area contributed by atoms with E-state index in [-0.39, 0.29) is 12.5 Å². The summed E-state index contributed by atoms with van der Waals surface area (Å²) in [6, 6.07) is 6.95. The molecule has 0 spiro atoms. The summed E-state index contributed by atoms with van der Waals surface area (Å²) in [6.07, 6.45) is 0. The third kappa shape index (κ3) is 4.62. The Balaban J connectivity index is 2.44. The van der Waals surface area contributed by atoms with Crippen LogP contribution in [0.3, 0.4) is 0 Å². The van der Waals surface area contributed by atoms with E-state index in [9.17, 15) is 9.59 Å². The van der Waals surface area contributed by atoms with Crippen molar-refractivity contribution in [1.82, 2.24) is 5.32 Å². The molecule has 2 N–H and O–H groups in total. The van der Waals surface area contributed by atoms with E-state index in [4.69, 9.17) is 9.84 Å². The van der Waals surface area contributed by atoms with Gasteiger partial charge in [-0.1, -0.05) is 18.2 Å². The second-order valence-electron chi connectivity index (χ2n) is 4.54. The molecule has 0 saturated heterocycles. The smallest absolute Gasteiger partial charge is 0.308 e. The first-order valence-corrected chi connectivity index (χ1v) is 6.12. The van der Waals surface area contributed by atoms with Crippen LogP contribution in [0.15, 0.2) is 24.3 Å². The van der Waals surface area contributed by atoms with E-state index >= 15 is 0 Å². The van der Waals surface area contributed by atoms with Crippen LogP contribution in [0.4, 0.5) is 0 Å². The SMILES string of the molecule is Cc1ccccc1OCC(=O)NC(C)C(C)C(=O)O. The number of amides is 1. The van der Waals surface area contributed by atoms with Crippen molar-refractivity contribution in [2.24, 2.45) is 5.92 Å². The average Bonchev–Trinajstić information content (AvgIpc) is 2.36. The fourth-order valence-corrected chi connectivity index (χ4v) is 1.50. The Bertz CT molecular complexity index is 459. The molecule has 0 aliphatic heterocycles. The number of carbonyl (C=O) groups excluding carboxylic acids is 1. The van der Waals surface area contributed by atoms with Gasteiger partial charge in [-0.05, 0) is 32.4 Å². The molecule has 104 valence electrons. The number of carboxylic acids is 1. The van der Waals surface area contributed by atoms with Gasteiger partial charge in [-0.3, -0.25) is 9.59 Å². The monoisotopic (exact) mass is 265 g/mol. The van der Waals surface area contributed by atoms with Crippen LogP contribution in [0.1, 0.15) is 19.4 Å². The van der Waals surface area contributed by atoms with Crippen molar-refractivity contribution < 1.29 is 19.4 Å². The lowest BCUT2D eigenvalue weighted by Gasteiger charge is -2.18. The van der Waals surface area contributed by atoms with Crippen molar-refractivity contribution in [2.45, 2.75) is 26.8 Å². The highest BCUT2D eigenvalue weighted by atomic mass is 16.5. The van der Waals surface area contributed by atoms with E-state index in [2.05, 4.69) is 5.32 Å². The van der Waals surface area contributed by atoms with E-state index in [1.165, 1.54) is 0 Å². The van der Waals surface area contributed by atoms with Crippen molar-refractivity contribution in [2.75, 3.05) is 6.61 Å². The minimum Gasteiger partial charge on any atom is -0.484 e. The Labute approximate surface area is 112 Å². The summed E-state index contributed by atoms with van der Waals surface area (Å²) in [5, 5.41) is 11.4. The van der Waals surface area contributed by atoms with Crippen LogP contribution in [-0.2, 0) is 9.59 Å². The zero-order valence-corrected chi connectivity index (χ0v) is 11.3. The number of ether oxygens (including phenoxy) is 1. The molecule has 0 radical (unpaired) electrons. The van der Waals surface area contributed by atoms with Gasteiger partial charge in [0, 0.05) is 6.04 Å². The van der Waals surface area contributed by atoms with Crippen molar-refractivity contribution in [3.8, 4) is 5.75 Å². The molecule has 5 nitrogen and oxygen atoms in total. The van der Waals surface area contributed by atoms with Crippen LogP contribution >= 0.6 is 0 Å². The highest BCUT2D eigenvalue weighted by molar-refractivity contribution is 5.79. The Morgan fingerprint density at radius 3 is 2.53 bits per heavy atom. The van der Waals surface area contributed by atoms with Crippen LogP contribution in [0.25, 0.3) is 0 Å². The molecule has 2 unspecified atom stereocenters. The minimum absolute atomic E-state index is 0.123. The average molecular weight is 265 g/mol. The number of aliphatic carboxylic acids is 1. The van der Waals surface area contributed by atoms with E-state index in [0.29, 0.717) is 5.75 Å². The molecular weight excluding hydrogens is 246 g/mol. The number of nitrogens with one attached hydrogen (secondary N) is 1. The minimum atomic E-state index is -0.937. The maximum Gasteiger partial charge on any atom is 0.308 e. The van der Waals surface area contributed by atoms with E-state index in [1.807, 2.05) is 25.1 Å². The lowest BCUT2D eigenvalue weighted by atomic mass is 10.0. The molecule has 1 aromatic rings. The molecule has 19 heavy (non-hydrogen) atoms. The first kappa shape index (κ1) is 15.0. The predicted octanol–water partition coefficient (Wildman–Crippen LogP) is 1.60. The van der Waals surface area contributed by atoms with Gasteiger partial charge in [-0.15, -0.1) is 0 Å². The second-order valence-corrected chi connectivity index (χ2v) is 4.54. The summed E-state index contributed by atoms with van der Waals surface area (Å²) in [5.74, 6) is -1.25. The predicted molar refractivity (Wildman–Crippen MR) is 71.1 cm³/mol. The highest BCUT2D eigenvalue weighted by Crippen LogP contribution is 2.15. The lowest BCUT2D eigenvalue weighted by molar-refractivity contribution is -0.142. The zero-order chi connectivity index (χ0) is 14.4. The number of para-hydroxylation sites is 1. The fourth-order valence-electron chi connectivity index (χ4n) is 1.50. The number of benzene rings is 1. The van der Waals surface area contributed by atoms with Crippen LogP contribution in [-0.4, -0.2) is 29.6 Å². The Kier molecular flexibility index (Phi) is 5.36. The van der Waals surface area contributed by atoms with E-state index in [1.54, 1.807) is 19.9 Å². The van der Waals surface area contributed by atoms with Crippen molar-refractivity contribution in [3.05, 3.63) is 29.8 Å². The largest absolute Gasteiger partial charge is 0.484 e. The molecule has 0 aliphatic rings. The number of carboxylic acid groups (broad SMARTS) is 1. The van der Waals surface area contributed by atoms with Crippen LogP contribution < -0.4 is 10.1 Å². The summed E-state index contributed by atoms with van der Waals surface area (Å²) in [6.45, 7) is 4.98. The number of aryl methyl sites for hydroxylation is 1. The molecule has 0 saturated carbocycles. The van der Waals surface area contributed by atoms with Gasteiger partial charge in [0.2, 0.25) is 0 Å². The fraction of sp³-hybridized carbons (Fsp3) is 0.429. The molecule has 1 amide bonds. The van der Waals surface area contributed by atoms with Crippen LogP contribution in [0.2, 0.25) is 0 Å². The number of carbonyl (C=O) groups is 2. The molecule has 0 aromatic heterocycles. The van der Waals surface area contributed by atoms with Crippen molar-refractivity contribution in [1.29, 1.82) is 0 Å². The van der Waals surface area contributed by atoms with Gasteiger partial charge in [0.15, 0.2) is 6.61 Å². The molecule has 1 aromatic carbocycles. The standard InChI is InChI=1S/C14H19NO4/c1-9-6-4-5-7-12(9)19-8-13(16)15-11(3)10(2)14(17)18/h4-7,10-11H,8H2,1-3H3,(H,15,16)(H,17,18). The lowest BCUT2D eigenvalue weighted by Crippen LogP contribution is -2.42. The third-order valence-electron chi connectivity index (χ3n) is 2.98. The van der Waals surface area contributed by atoms with Crippen LogP contribution in [0.5, 0.6) is 5.75 Å². The molecule has 2 atom stereocenters.